The molecule has 136 valence electrons. The summed E-state index contributed by atoms with van der Waals surface area (Å²) in [6, 6.07) is 15.1. The van der Waals surface area contributed by atoms with Crippen LogP contribution >= 0.6 is 0 Å². The van der Waals surface area contributed by atoms with E-state index in [-0.39, 0.29) is 11.5 Å². The first kappa shape index (κ1) is 16.8. The van der Waals surface area contributed by atoms with Crippen LogP contribution in [0.2, 0.25) is 0 Å². The number of nitrogens with two attached hydrogens (primary N) is 1. The summed E-state index contributed by atoms with van der Waals surface area (Å²) in [5, 5.41) is 2.90. The van der Waals surface area contributed by atoms with Crippen LogP contribution in [0.4, 0.5) is 17.2 Å². The van der Waals surface area contributed by atoms with Crippen molar-refractivity contribution in [1.82, 2.24) is 9.97 Å². The van der Waals surface area contributed by atoms with Crippen LogP contribution in [0.3, 0.4) is 0 Å². The lowest BCUT2D eigenvalue weighted by Gasteiger charge is -2.23. The molecule has 1 aliphatic heterocycles. The summed E-state index contributed by atoms with van der Waals surface area (Å²) in [6.07, 6.45) is 1.55. The van der Waals surface area contributed by atoms with E-state index in [1.807, 2.05) is 60.5 Å². The maximum Gasteiger partial charge on any atom is 0.278 e. The second kappa shape index (κ2) is 6.95. The predicted octanol–water partition coefficient (Wildman–Crippen LogP) is 2.81. The number of nitrogen functional groups attached to an aromatic ring is 1. The number of aromatic nitrogens is 2. The largest absolute Gasteiger partial charge is 0.492 e. The third-order valence-corrected chi connectivity index (χ3v) is 4.40. The molecule has 1 aliphatic rings. The van der Waals surface area contributed by atoms with Crippen LogP contribution in [-0.4, -0.2) is 36.1 Å². The Hall–Kier alpha value is -3.61. The topological polar surface area (TPSA) is 93.4 Å². The van der Waals surface area contributed by atoms with Gasteiger partial charge in [-0.05, 0) is 24.3 Å². The smallest absolute Gasteiger partial charge is 0.278 e. The molecule has 0 spiro atoms. The number of carbonyl (C=O) groups excluding carboxylic acids is 1. The fraction of sp³-hybridized carbons (Fsp3) is 0.150. The number of ether oxygens (including phenoxy) is 1. The summed E-state index contributed by atoms with van der Waals surface area (Å²) in [7, 11) is 1.95. The van der Waals surface area contributed by atoms with Crippen LogP contribution in [0, 0.1) is 0 Å². The van der Waals surface area contributed by atoms with Crippen molar-refractivity contribution in [2.24, 2.45) is 0 Å². The number of amides is 1. The molecule has 2 aromatic carbocycles. The molecule has 0 unspecified atom stereocenters. The summed E-state index contributed by atoms with van der Waals surface area (Å²) < 4.78 is 5.89. The molecule has 2 heterocycles. The lowest BCUT2D eigenvalue weighted by molar-refractivity contribution is 0.102. The van der Waals surface area contributed by atoms with Crippen LogP contribution in [-0.2, 0) is 0 Å². The third-order valence-electron chi connectivity index (χ3n) is 4.40. The van der Waals surface area contributed by atoms with Gasteiger partial charge in [0.1, 0.15) is 12.4 Å². The first-order valence-corrected chi connectivity index (χ1v) is 8.59. The van der Waals surface area contributed by atoms with Crippen molar-refractivity contribution >= 4 is 23.1 Å². The van der Waals surface area contributed by atoms with Gasteiger partial charge < -0.3 is 20.7 Å². The first-order chi connectivity index (χ1) is 13.1. The molecule has 0 fully saturated rings. The summed E-state index contributed by atoms with van der Waals surface area (Å²) in [5.41, 5.74) is 8.92. The molecule has 0 saturated carbocycles. The van der Waals surface area contributed by atoms with Crippen molar-refractivity contribution in [3.05, 3.63) is 60.4 Å². The molecule has 27 heavy (non-hydrogen) atoms. The molecule has 1 amide bonds. The summed E-state index contributed by atoms with van der Waals surface area (Å²) in [6.45, 7) is 1.16. The molecule has 0 atom stereocenters. The van der Waals surface area contributed by atoms with Crippen molar-refractivity contribution in [1.29, 1.82) is 0 Å². The highest BCUT2D eigenvalue weighted by atomic mass is 16.5. The Labute approximate surface area is 156 Å². The van der Waals surface area contributed by atoms with Gasteiger partial charge in [0.2, 0.25) is 0 Å². The third kappa shape index (κ3) is 3.39. The molecule has 4 rings (SSSR count). The van der Waals surface area contributed by atoms with Crippen molar-refractivity contribution in [2.75, 3.05) is 36.1 Å². The van der Waals surface area contributed by atoms with E-state index in [2.05, 4.69) is 15.3 Å². The van der Waals surface area contributed by atoms with Crippen LogP contribution in [0.15, 0.2) is 54.7 Å². The number of rotatable bonds is 0. The maximum absolute atomic E-state index is 12.8. The average molecular weight is 361 g/mol. The van der Waals surface area contributed by atoms with Crippen molar-refractivity contribution in [3.63, 3.8) is 0 Å². The Morgan fingerprint density at radius 2 is 2.04 bits per heavy atom. The molecule has 0 saturated heterocycles. The lowest BCUT2D eigenvalue weighted by Crippen LogP contribution is -2.26. The lowest BCUT2D eigenvalue weighted by atomic mass is 10.1. The van der Waals surface area contributed by atoms with E-state index in [1.54, 1.807) is 6.20 Å². The molecule has 7 heteroatoms. The van der Waals surface area contributed by atoms with E-state index >= 15 is 0 Å². The molecule has 1 aromatic heterocycles. The van der Waals surface area contributed by atoms with Gasteiger partial charge in [-0.15, -0.1) is 0 Å². The zero-order chi connectivity index (χ0) is 18.8. The summed E-state index contributed by atoms with van der Waals surface area (Å²) in [4.78, 5) is 23.4. The van der Waals surface area contributed by atoms with Crippen LogP contribution in [0.5, 0.6) is 5.75 Å². The molecule has 0 radical (unpaired) electrons. The monoisotopic (exact) mass is 361 g/mol. The molecule has 0 aliphatic carbocycles. The second-order valence-corrected chi connectivity index (χ2v) is 6.26. The van der Waals surface area contributed by atoms with Gasteiger partial charge in [-0.2, -0.15) is 0 Å². The minimum absolute atomic E-state index is 0.0848. The molecular formula is C20H19N5O2. The number of fused-ring (bicyclic) bond motifs is 6. The molecular weight excluding hydrogens is 342 g/mol. The van der Waals surface area contributed by atoms with E-state index < -0.39 is 5.91 Å². The number of anilines is 3. The highest BCUT2D eigenvalue weighted by Gasteiger charge is 2.18. The Bertz CT molecular complexity index is 1010. The number of benzene rings is 2. The SMILES string of the molecule is CN1CCOc2cccc(c2)-c2cnc(N)c(n2)C(=O)Nc2ccccc21. The number of para-hydroxylation sites is 2. The number of hydrogen-bond donors (Lipinski definition) is 2. The second-order valence-electron chi connectivity index (χ2n) is 6.26. The van der Waals surface area contributed by atoms with Crippen molar-refractivity contribution in [2.45, 2.75) is 0 Å². The highest BCUT2D eigenvalue weighted by Crippen LogP contribution is 2.27. The van der Waals surface area contributed by atoms with E-state index in [0.717, 1.165) is 17.0 Å². The first-order valence-electron chi connectivity index (χ1n) is 8.59. The van der Waals surface area contributed by atoms with E-state index in [9.17, 15) is 4.79 Å². The number of likely N-dealkylation sites (N-methyl/N-ethyl adjacent to an activating group) is 1. The molecule has 7 nitrogen and oxygen atoms in total. The fourth-order valence-corrected chi connectivity index (χ4v) is 2.96. The Kier molecular flexibility index (Phi) is 4.33. The number of carbonyl (C=O) groups is 1. The number of hydrogen-bond acceptors (Lipinski definition) is 6. The number of nitrogens with one attached hydrogen (secondary N) is 1. The van der Waals surface area contributed by atoms with Gasteiger partial charge in [-0.3, -0.25) is 4.79 Å². The van der Waals surface area contributed by atoms with Gasteiger partial charge in [0.15, 0.2) is 11.5 Å². The van der Waals surface area contributed by atoms with Gasteiger partial charge in [-0.25, -0.2) is 9.97 Å². The Balaban J connectivity index is 1.83. The highest BCUT2D eigenvalue weighted by molar-refractivity contribution is 6.07. The van der Waals surface area contributed by atoms with Crippen molar-refractivity contribution in [3.8, 4) is 17.0 Å². The average Bonchev–Trinajstić information content (AvgIpc) is 2.68. The van der Waals surface area contributed by atoms with Gasteiger partial charge in [0.05, 0.1) is 29.8 Å². The predicted molar refractivity (Wildman–Crippen MR) is 105 cm³/mol. The van der Waals surface area contributed by atoms with Gasteiger partial charge >= 0.3 is 0 Å². The molecule has 3 aromatic rings. The quantitative estimate of drug-likeness (QED) is 0.639. The van der Waals surface area contributed by atoms with Crippen LogP contribution < -0.4 is 20.7 Å². The van der Waals surface area contributed by atoms with E-state index in [0.29, 0.717) is 24.5 Å². The molecule has 3 N–H and O–H groups in total. The number of nitrogens with zero attached hydrogens (tertiary/aromatic N) is 3. The van der Waals surface area contributed by atoms with Gasteiger partial charge in [-0.1, -0.05) is 24.3 Å². The van der Waals surface area contributed by atoms with Crippen LogP contribution in [0.1, 0.15) is 10.5 Å². The maximum atomic E-state index is 12.8. The van der Waals surface area contributed by atoms with Gasteiger partial charge in [0, 0.05) is 12.6 Å². The van der Waals surface area contributed by atoms with E-state index in [4.69, 9.17) is 10.5 Å². The van der Waals surface area contributed by atoms with Crippen molar-refractivity contribution < 1.29 is 9.53 Å². The minimum atomic E-state index is -0.396. The van der Waals surface area contributed by atoms with E-state index in [1.165, 1.54) is 0 Å². The Morgan fingerprint density at radius 1 is 1.19 bits per heavy atom. The zero-order valence-corrected chi connectivity index (χ0v) is 14.8. The van der Waals surface area contributed by atoms with Crippen LogP contribution in [0.25, 0.3) is 11.3 Å². The fourth-order valence-electron chi connectivity index (χ4n) is 2.96. The Morgan fingerprint density at radius 3 is 2.93 bits per heavy atom. The summed E-state index contributed by atoms with van der Waals surface area (Å²) in [5.74, 6) is 0.421. The standard InChI is InChI=1S/C20H19N5O2/c1-25-9-10-27-14-6-4-5-13(11-14)16-12-22-19(21)18(23-16)20(26)24-15-7-2-3-8-17(15)25/h2-8,11-12H,9-10H2,1H3,(H2,21,22)(H,24,26). The zero-order valence-electron chi connectivity index (χ0n) is 14.8. The normalized spacial score (nSPS) is 13.8. The summed E-state index contributed by atoms with van der Waals surface area (Å²) >= 11 is 0. The minimum Gasteiger partial charge on any atom is -0.492 e. The molecule has 4 bridgehead atoms. The van der Waals surface area contributed by atoms with Gasteiger partial charge in [0.25, 0.3) is 5.91 Å².